The molecule has 3 nitrogen and oxygen atoms in total. The number of benzene rings is 1. The first-order valence-corrected chi connectivity index (χ1v) is 6.94. The minimum Gasteiger partial charge on any atom is -0.480 e. The maximum absolute atomic E-state index is 11.5. The largest absolute Gasteiger partial charge is 0.480 e. The van der Waals surface area contributed by atoms with Crippen molar-refractivity contribution in [3.63, 3.8) is 0 Å². The summed E-state index contributed by atoms with van der Waals surface area (Å²) in [7, 11) is 0. The molecule has 0 aliphatic heterocycles. The van der Waals surface area contributed by atoms with Crippen LogP contribution in [0.25, 0.3) is 0 Å². The molecule has 17 heavy (non-hydrogen) atoms. The van der Waals surface area contributed by atoms with Crippen molar-refractivity contribution in [2.24, 2.45) is 0 Å². The fourth-order valence-electron chi connectivity index (χ4n) is 1.83. The fourth-order valence-corrected chi connectivity index (χ4v) is 2.24. The molecular weight excluding hydrogens is 234 g/mol. The number of carboxylic acids is 1. The van der Waals surface area contributed by atoms with Crippen LogP contribution in [0.2, 0.25) is 0 Å². The molecule has 4 heteroatoms. The van der Waals surface area contributed by atoms with Crippen LogP contribution in [0.15, 0.2) is 29.2 Å². The molecule has 1 fully saturated rings. The van der Waals surface area contributed by atoms with Gasteiger partial charge in [0.25, 0.3) is 0 Å². The molecule has 0 aromatic heterocycles. The fraction of sp³-hybridized carbons (Fsp3) is 0.462. The van der Waals surface area contributed by atoms with Crippen LogP contribution in [0.4, 0.5) is 0 Å². The van der Waals surface area contributed by atoms with Gasteiger partial charge in [0.05, 0.1) is 0 Å². The Hall–Kier alpha value is -1.00. The van der Waals surface area contributed by atoms with Gasteiger partial charge in [0, 0.05) is 10.9 Å². The molecule has 1 aromatic carbocycles. The molecule has 1 aliphatic rings. The summed E-state index contributed by atoms with van der Waals surface area (Å²) in [5, 5.41) is 12.6. The third kappa shape index (κ3) is 2.64. The Balaban J connectivity index is 2.27. The third-order valence-corrected chi connectivity index (χ3v) is 3.91. The standard InChI is InChI=1S/C13H17NO2S/c1-13(12(15)16,14-10-5-6-10)9-3-7-11(17-2)8-4-9/h3-4,7-8,10,14H,5-6H2,1-2H3,(H,15,16). The molecule has 0 saturated heterocycles. The summed E-state index contributed by atoms with van der Waals surface area (Å²) < 4.78 is 0. The molecule has 0 amide bonds. The van der Waals surface area contributed by atoms with E-state index in [-0.39, 0.29) is 0 Å². The van der Waals surface area contributed by atoms with Gasteiger partial charge in [-0.2, -0.15) is 0 Å². The molecule has 2 N–H and O–H groups in total. The van der Waals surface area contributed by atoms with Crippen LogP contribution in [0.5, 0.6) is 0 Å². The Kier molecular flexibility index (Phi) is 3.45. The number of rotatable bonds is 5. The molecule has 1 atom stereocenters. The highest BCUT2D eigenvalue weighted by atomic mass is 32.2. The molecule has 1 saturated carbocycles. The first-order valence-electron chi connectivity index (χ1n) is 5.72. The van der Waals surface area contributed by atoms with Gasteiger partial charge in [-0.1, -0.05) is 12.1 Å². The highest BCUT2D eigenvalue weighted by Crippen LogP contribution is 2.29. The number of carbonyl (C=O) groups is 1. The van der Waals surface area contributed by atoms with Crippen LogP contribution in [0.1, 0.15) is 25.3 Å². The Bertz CT molecular complexity index is 414. The zero-order chi connectivity index (χ0) is 12.5. The van der Waals surface area contributed by atoms with E-state index in [0.29, 0.717) is 6.04 Å². The number of carboxylic acid groups (broad SMARTS) is 1. The third-order valence-electron chi connectivity index (χ3n) is 3.17. The highest BCUT2D eigenvalue weighted by molar-refractivity contribution is 7.98. The molecule has 1 aliphatic carbocycles. The molecule has 2 rings (SSSR count). The Labute approximate surface area is 106 Å². The van der Waals surface area contributed by atoms with E-state index in [1.807, 2.05) is 30.5 Å². The summed E-state index contributed by atoms with van der Waals surface area (Å²) in [6.45, 7) is 1.74. The minimum atomic E-state index is -0.974. The van der Waals surface area contributed by atoms with E-state index in [4.69, 9.17) is 0 Å². The van der Waals surface area contributed by atoms with Crippen LogP contribution < -0.4 is 5.32 Å². The second kappa shape index (κ2) is 4.70. The maximum Gasteiger partial charge on any atom is 0.328 e. The van der Waals surface area contributed by atoms with Gasteiger partial charge >= 0.3 is 5.97 Å². The van der Waals surface area contributed by atoms with Gasteiger partial charge in [-0.3, -0.25) is 5.32 Å². The highest BCUT2D eigenvalue weighted by Gasteiger charge is 2.39. The zero-order valence-corrected chi connectivity index (χ0v) is 10.9. The monoisotopic (exact) mass is 251 g/mol. The molecule has 92 valence electrons. The van der Waals surface area contributed by atoms with Gasteiger partial charge in [0.15, 0.2) is 0 Å². The Morgan fingerprint density at radius 1 is 1.41 bits per heavy atom. The summed E-state index contributed by atoms with van der Waals surface area (Å²) in [6, 6.07) is 8.09. The van der Waals surface area contributed by atoms with Gasteiger partial charge < -0.3 is 5.11 Å². The number of thioether (sulfide) groups is 1. The first kappa shape index (κ1) is 12.5. The maximum atomic E-state index is 11.5. The lowest BCUT2D eigenvalue weighted by Crippen LogP contribution is -2.47. The average Bonchev–Trinajstić information content (AvgIpc) is 3.12. The molecule has 0 bridgehead atoms. The van der Waals surface area contributed by atoms with Crippen molar-refractivity contribution in [3.05, 3.63) is 29.8 Å². The van der Waals surface area contributed by atoms with Crippen LogP contribution in [0, 0.1) is 0 Å². The van der Waals surface area contributed by atoms with E-state index in [1.165, 1.54) is 0 Å². The Morgan fingerprint density at radius 2 is 2.00 bits per heavy atom. The van der Waals surface area contributed by atoms with Gasteiger partial charge in [0.1, 0.15) is 5.54 Å². The number of hydrogen-bond donors (Lipinski definition) is 2. The summed E-state index contributed by atoms with van der Waals surface area (Å²) in [6.07, 6.45) is 4.16. The van der Waals surface area contributed by atoms with Crippen LogP contribution in [-0.4, -0.2) is 23.4 Å². The average molecular weight is 251 g/mol. The minimum absolute atomic E-state index is 0.358. The predicted molar refractivity (Wildman–Crippen MR) is 69.4 cm³/mol. The van der Waals surface area contributed by atoms with Crippen LogP contribution in [-0.2, 0) is 10.3 Å². The molecule has 0 heterocycles. The lowest BCUT2D eigenvalue weighted by Gasteiger charge is -2.27. The summed E-state index contributed by atoms with van der Waals surface area (Å²) in [5.41, 5.74) is -0.160. The lowest BCUT2D eigenvalue weighted by atomic mass is 9.92. The SMILES string of the molecule is CSc1ccc(C(C)(NC2CC2)C(=O)O)cc1. The number of nitrogens with one attached hydrogen (secondary N) is 1. The van der Waals surface area contributed by atoms with E-state index >= 15 is 0 Å². The van der Waals surface area contributed by atoms with E-state index < -0.39 is 11.5 Å². The topological polar surface area (TPSA) is 49.3 Å². The number of aliphatic carboxylic acids is 1. The van der Waals surface area contributed by atoms with Crippen molar-refractivity contribution in [3.8, 4) is 0 Å². The van der Waals surface area contributed by atoms with Crippen molar-refractivity contribution in [2.75, 3.05) is 6.26 Å². The van der Waals surface area contributed by atoms with E-state index in [0.717, 1.165) is 23.3 Å². The molecule has 0 radical (unpaired) electrons. The van der Waals surface area contributed by atoms with E-state index in [1.54, 1.807) is 18.7 Å². The van der Waals surface area contributed by atoms with Gasteiger partial charge in [-0.05, 0) is 43.7 Å². The predicted octanol–water partition coefficient (Wildman–Crippen LogP) is 2.46. The summed E-state index contributed by atoms with van der Waals surface area (Å²) >= 11 is 1.65. The second-order valence-electron chi connectivity index (χ2n) is 4.58. The van der Waals surface area contributed by atoms with Crippen molar-refractivity contribution < 1.29 is 9.90 Å². The van der Waals surface area contributed by atoms with Crippen molar-refractivity contribution >= 4 is 17.7 Å². The smallest absolute Gasteiger partial charge is 0.328 e. The van der Waals surface area contributed by atoms with Crippen LogP contribution in [0.3, 0.4) is 0 Å². The molecule has 1 aromatic rings. The van der Waals surface area contributed by atoms with Gasteiger partial charge in [-0.15, -0.1) is 11.8 Å². The van der Waals surface area contributed by atoms with Crippen LogP contribution >= 0.6 is 11.8 Å². The molecular formula is C13H17NO2S. The van der Waals surface area contributed by atoms with E-state index in [9.17, 15) is 9.90 Å². The van der Waals surface area contributed by atoms with Crippen molar-refractivity contribution in [2.45, 2.75) is 36.2 Å². The first-order chi connectivity index (χ1) is 8.06. The lowest BCUT2D eigenvalue weighted by molar-refractivity contribution is -0.144. The zero-order valence-electron chi connectivity index (χ0n) is 10.1. The molecule has 1 unspecified atom stereocenters. The van der Waals surface area contributed by atoms with Crippen molar-refractivity contribution in [1.29, 1.82) is 0 Å². The number of hydrogen-bond acceptors (Lipinski definition) is 3. The molecule has 0 spiro atoms. The van der Waals surface area contributed by atoms with Crippen molar-refractivity contribution in [1.82, 2.24) is 5.32 Å². The van der Waals surface area contributed by atoms with E-state index in [2.05, 4.69) is 5.32 Å². The summed E-state index contributed by atoms with van der Waals surface area (Å²) in [5.74, 6) is -0.818. The second-order valence-corrected chi connectivity index (χ2v) is 5.46. The normalized spacial score (nSPS) is 18.7. The Morgan fingerprint density at radius 3 is 2.41 bits per heavy atom. The van der Waals surface area contributed by atoms with Gasteiger partial charge in [-0.25, -0.2) is 4.79 Å². The summed E-state index contributed by atoms with van der Waals surface area (Å²) in [4.78, 5) is 12.6. The van der Waals surface area contributed by atoms with Gasteiger partial charge in [0.2, 0.25) is 0 Å². The quantitative estimate of drug-likeness (QED) is 0.789.